The first-order valence-corrected chi connectivity index (χ1v) is 34.0. The highest BCUT2D eigenvalue weighted by atomic mass is 16.7. The standard InChI is InChI=1S/C31H44O9.3C13H29N/c1-2-3-4-5-6-7-8-13-25-14-9-12-17-28(25)39-29(24-38-23-22-37-21-20-36-19-18-32)40-31(35)27-16-11-10-15-26(27)30(33)34;3*1-2-3-4-5-6-7-8-9-10-11-12-13-14/h9-12,14-17,29,32H,2-8,13,18-24H2,1H3,(H,33,34);3*2-14H2,1H3. The van der Waals surface area contributed by atoms with Gasteiger partial charge in [-0.1, -0.05) is 289 Å². The van der Waals surface area contributed by atoms with Crippen LogP contribution in [-0.2, 0) is 25.4 Å². The molecule has 82 heavy (non-hydrogen) atoms. The molecule has 8 N–H and O–H groups in total. The van der Waals surface area contributed by atoms with Crippen molar-refractivity contribution < 1.29 is 43.5 Å². The molecular weight excluding hydrogens is 1030 g/mol. The maximum Gasteiger partial charge on any atom is 0.342 e. The molecule has 2 rings (SSSR count). The maximum atomic E-state index is 13.0. The van der Waals surface area contributed by atoms with Crippen LogP contribution in [0.4, 0.5) is 0 Å². The summed E-state index contributed by atoms with van der Waals surface area (Å²) in [6, 6.07) is 13.5. The van der Waals surface area contributed by atoms with E-state index in [1.54, 1.807) is 12.1 Å². The zero-order valence-corrected chi connectivity index (χ0v) is 53.7. The van der Waals surface area contributed by atoms with Gasteiger partial charge in [-0.2, -0.15) is 0 Å². The first-order chi connectivity index (χ1) is 40.3. The number of aromatic carboxylic acids is 1. The number of hydrogen-bond acceptors (Lipinski definition) is 11. The van der Waals surface area contributed by atoms with Crippen LogP contribution >= 0.6 is 0 Å². The highest BCUT2D eigenvalue weighted by Crippen LogP contribution is 2.24. The number of carboxylic acids is 1. The summed E-state index contributed by atoms with van der Waals surface area (Å²) in [6.45, 7) is 13.0. The zero-order valence-electron chi connectivity index (χ0n) is 53.7. The fourth-order valence-electron chi connectivity index (χ4n) is 9.47. The van der Waals surface area contributed by atoms with Gasteiger partial charge in [-0.15, -0.1) is 0 Å². The Balaban J connectivity index is 0. The summed E-state index contributed by atoms with van der Waals surface area (Å²) >= 11 is 0. The molecule has 0 radical (unpaired) electrons. The van der Waals surface area contributed by atoms with Crippen LogP contribution in [0.15, 0.2) is 48.5 Å². The summed E-state index contributed by atoms with van der Waals surface area (Å²) in [4.78, 5) is 24.6. The predicted octanol–water partition coefficient (Wildman–Crippen LogP) is 18.1. The average molecular weight is 1160 g/mol. The number of aliphatic hydroxyl groups excluding tert-OH is 1. The molecular formula is C70H131N3O9. The Labute approximate surface area is 504 Å². The lowest BCUT2D eigenvalue weighted by Crippen LogP contribution is -2.31. The first-order valence-electron chi connectivity index (χ1n) is 34.0. The molecule has 0 fully saturated rings. The number of unbranched alkanes of at least 4 members (excludes halogenated alkanes) is 36. The number of carbonyl (C=O) groups is 2. The van der Waals surface area contributed by atoms with Crippen LogP contribution < -0.4 is 21.9 Å². The van der Waals surface area contributed by atoms with E-state index in [0.29, 0.717) is 25.6 Å². The van der Waals surface area contributed by atoms with Gasteiger partial charge in [-0.3, -0.25) is 0 Å². The average Bonchev–Trinajstić information content (AvgIpc) is 3.48. The molecule has 1 unspecified atom stereocenters. The summed E-state index contributed by atoms with van der Waals surface area (Å²) in [5.41, 5.74) is 17.1. The molecule has 0 aromatic heterocycles. The van der Waals surface area contributed by atoms with E-state index in [0.717, 1.165) is 44.5 Å². The molecule has 1 atom stereocenters. The van der Waals surface area contributed by atoms with E-state index >= 15 is 0 Å². The van der Waals surface area contributed by atoms with E-state index in [1.165, 1.54) is 256 Å². The minimum absolute atomic E-state index is 0.0393. The Morgan fingerprint density at radius 2 is 0.720 bits per heavy atom. The van der Waals surface area contributed by atoms with Gasteiger partial charge in [-0.25, -0.2) is 9.59 Å². The molecule has 0 spiro atoms. The molecule has 2 aromatic carbocycles. The summed E-state index contributed by atoms with van der Waals surface area (Å²) in [5.74, 6) is -1.44. The number of nitrogens with two attached hydrogens (primary N) is 3. The summed E-state index contributed by atoms with van der Waals surface area (Å²) in [5, 5.41) is 18.2. The normalized spacial score (nSPS) is 11.2. The Hall–Kier alpha value is -3.10. The van der Waals surface area contributed by atoms with Crippen molar-refractivity contribution in [2.24, 2.45) is 17.2 Å². The number of aryl methyl sites for hydroxylation is 1. The van der Waals surface area contributed by atoms with Crippen LogP contribution in [0.2, 0.25) is 0 Å². The van der Waals surface area contributed by atoms with E-state index in [2.05, 4.69) is 27.7 Å². The van der Waals surface area contributed by atoms with Crippen molar-refractivity contribution in [3.05, 3.63) is 65.2 Å². The lowest BCUT2D eigenvalue weighted by Gasteiger charge is -2.21. The second-order valence-corrected chi connectivity index (χ2v) is 22.3. The lowest BCUT2D eigenvalue weighted by molar-refractivity contribution is -0.0973. The van der Waals surface area contributed by atoms with Gasteiger partial charge in [0.15, 0.2) is 0 Å². The molecule has 0 amide bonds. The molecule has 2 aromatic rings. The molecule has 0 aliphatic rings. The van der Waals surface area contributed by atoms with Gasteiger partial charge < -0.3 is 51.1 Å². The Bertz CT molecular complexity index is 1490. The quantitative estimate of drug-likeness (QED) is 0.0239. The second-order valence-electron chi connectivity index (χ2n) is 22.3. The van der Waals surface area contributed by atoms with Gasteiger partial charge in [0, 0.05) is 0 Å². The summed E-state index contributed by atoms with van der Waals surface area (Å²) in [7, 11) is 0. The zero-order chi connectivity index (χ0) is 60.3. The maximum absolute atomic E-state index is 13.0. The van der Waals surface area contributed by atoms with Crippen molar-refractivity contribution >= 4 is 11.9 Å². The molecule has 0 saturated heterocycles. The van der Waals surface area contributed by atoms with E-state index < -0.39 is 18.2 Å². The third-order valence-corrected chi connectivity index (χ3v) is 14.6. The number of esters is 1. The van der Waals surface area contributed by atoms with Gasteiger partial charge in [0.25, 0.3) is 6.29 Å². The molecule has 0 heterocycles. The van der Waals surface area contributed by atoms with Crippen molar-refractivity contribution in [1.82, 2.24) is 0 Å². The van der Waals surface area contributed by atoms with Crippen LogP contribution in [0.1, 0.15) is 311 Å². The van der Waals surface area contributed by atoms with Crippen LogP contribution in [-0.4, -0.2) is 94.3 Å². The number of carbonyl (C=O) groups excluding carboxylic acids is 1. The predicted molar refractivity (Wildman–Crippen MR) is 347 cm³/mol. The third kappa shape index (κ3) is 57.3. The van der Waals surface area contributed by atoms with Gasteiger partial charge >= 0.3 is 11.9 Å². The van der Waals surface area contributed by atoms with Gasteiger partial charge in [0.1, 0.15) is 12.4 Å². The van der Waals surface area contributed by atoms with Crippen molar-refractivity contribution in [1.29, 1.82) is 0 Å². The Kier molecular flexibility index (Phi) is 67.8. The van der Waals surface area contributed by atoms with Crippen LogP contribution in [0.5, 0.6) is 5.75 Å². The van der Waals surface area contributed by atoms with E-state index in [1.807, 2.05) is 24.3 Å². The molecule has 0 bridgehead atoms. The minimum atomic E-state index is -1.22. The van der Waals surface area contributed by atoms with E-state index in [9.17, 15) is 14.7 Å². The Morgan fingerprint density at radius 1 is 0.402 bits per heavy atom. The number of ether oxygens (including phenoxy) is 5. The highest BCUT2D eigenvalue weighted by molar-refractivity contribution is 6.02. The monoisotopic (exact) mass is 1160 g/mol. The van der Waals surface area contributed by atoms with Gasteiger partial charge in [-0.05, 0) is 75.5 Å². The third-order valence-electron chi connectivity index (χ3n) is 14.6. The summed E-state index contributed by atoms with van der Waals surface area (Å²) < 4.78 is 28.0. The number of carboxylic acid groups (broad SMARTS) is 1. The minimum Gasteiger partial charge on any atom is -0.478 e. The Morgan fingerprint density at radius 3 is 1.09 bits per heavy atom. The molecule has 480 valence electrons. The molecule has 12 heteroatoms. The number of rotatable bonds is 56. The van der Waals surface area contributed by atoms with Crippen molar-refractivity contribution in [2.45, 2.75) is 297 Å². The number of para-hydroxylation sites is 1. The SMILES string of the molecule is CCCCCCCCCCCCCN.CCCCCCCCCCCCCN.CCCCCCCCCCCCCN.CCCCCCCCCc1ccccc1OC(COCCOCCOCCO)OC(=O)c1ccccc1C(=O)O. The topological polar surface area (TPSA) is 199 Å². The van der Waals surface area contributed by atoms with Crippen molar-refractivity contribution in [3.63, 3.8) is 0 Å². The number of benzene rings is 2. The molecule has 0 aliphatic heterocycles. The van der Waals surface area contributed by atoms with Crippen molar-refractivity contribution in [3.8, 4) is 5.75 Å². The fraction of sp³-hybridized carbons (Fsp3) is 0.800. The number of aliphatic hydroxyl groups is 1. The van der Waals surface area contributed by atoms with Crippen LogP contribution in [0.3, 0.4) is 0 Å². The highest BCUT2D eigenvalue weighted by Gasteiger charge is 2.23. The smallest absolute Gasteiger partial charge is 0.342 e. The van der Waals surface area contributed by atoms with Crippen LogP contribution in [0, 0.1) is 0 Å². The van der Waals surface area contributed by atoms with E-state index in [4.69, 9.17) is 46.0 Å². The second kappa shape index (κ2) is 68.7. The van der Waals surface area contributed by atoms with Crippen LogP contribution in [0.25, 0.3) is 0 Å². The van der Waals surface area contributed by atoms with E-state index in [-0.39, 0.29) is 37.6 Å². The largest absolute Gasteiger partial charge is 0.478 e. The molecule has 0 saturated carbocycles. The number of hydrogen-bond donors (Lipinski definition) is 5. The fourth-order valence-corrected chi connectivity index (χ4v) is 9.47. The summed E-state index contributed by atoms with van der Waals surface area (Å²) in [6.07, 6.45) is 54.4. The molecule has 12 nitrogen and oxygen atoms in total. The lowest BCUT2D eigenvalue weighted by atomic mass is 10.0. The molecule has 0 aliphatic carbocycles. The first kappa shape index (κ1) is 81.0. The van der Waals surface area contributed by atoms with Crippen molar-refractivity contribution in [2.75, 3.05) is 65.9 Å². The van der Waals surface area contributed by atoms with Gasteiger partial charge in [0.05, 0.1) is 50.8 Å². The van der Waals surface area contributed by atoms with Gasteiger partial charge in [0.2, 0.25) is 0 Å².